The van der Waals surface area contributed by atoms with Crippen LogP contribution in [0.5, 0.6) is 0 Å². The fourth-order valence-electron chi connectivity index (χ4n) is 0.472. The molecule has 0 fully saturated rings. The Morgan fingerprint density at radius 1 is 0.833 bits per heavy atom. The zero-order valence-corrected chi connectivity index (χ0v) is 6.83. The highest BCUT2D eigenvalue weighted by molar-refractivity contribution is 4.73. The van der Waals surface area contributed by atoms with Gasteiger partial charge in [0, 0.05) is 7.11 Å². The first-order valence-corrected chi connectivity index (χ1v) is 3.34. The van der Waals surface area contributed by atoms with E-state index < -0.39 is 31.5 Å². The van der Waals surface area contributed by atoms with Crippen LogP contribution in [0.3, 0.4) is 0 Å². The van der Waals surface area contributed by atoms with Gasteiger partial charge >= 0.3 is 0 Å². The Hall–Kier alpha value is -0.240. The van der Waals surface area contributed by atoms with E-state index in [-0.39, 0.29) is 0 Å². The quantitative estimate of drug-likeness (QED) is 0.272. The molecule has 0 amide bonds. The summed E-state index contributed by atoms with van der Waals surface area (Å²) in [5.74, 6) is 0. The van der Waals surface area contributed by atoms with Gasteiger partial charge in [0.15, 0.2) is 0 Å². The first-order chi connectivity index (χ1) is 5.63. The third kappa shape index (κ3) is 5.42. The molecule has 0 aliphatic heterocycles. The molecule has 0 aromatic rings. The molecule has 0 bridgehead atoms. The third-order valence-corrected chi connectivity index (χ3v) is 1.16. The van der Waals surface area contributed by atoms with Crippen molar-refractivity contribution in [3.63, 3.8) is 0 Å². The molecule has 0 spiro atoms. The highest BCUT2D eigenvalue weighted by Crippen LogP contribution is 1.97. The fourth-order valence-corrected chi connectivity index (χ4v) is 0.472. The van der Waals surface area contributed by atoms with Crippen LogP contribution in [0.15, 0.2) is 0 Å². The summed E-state index contributed by atoms with van der Waals surface area (Å²) < 4.78 is 0. The molecule has 0 saturated carbocycles. The summed E-state index contributed by atoms with van der Waals surface area (Å²) in [6.07, 6.45) is -4.29. The van der Waals surface area contributed by atoms with Gasteiger partial charge in [0.1, 0.15) is 18.3 Å². The highest BCUT2D eigenvalue weighted by atomic mass is 16.4. The van der Waals surface area contributed by atoms with Crippen molar-refractivity contribution in [2.75, 3.05) is 20.3 Å². The minimum absolute atomic E-state index is 0.641. The van der Waals surface area contributed by atoms with Gasteiger partial charge in [-0.25, -0.2) is 0 Å². The van der Waals surface area contributed by atoms with Gasteiger partial charge in [-0.05, 0) is 0 Å². The van der Waals surface area contributed by atoms with Crippen LogP contribution in [-0.4, -0.2) is 69.3 Å². The number of aliphatic hydroxyl groups excluding tert-OH is 6. The molecule has 0 radical (unpaired) electrons. The predicted octanol–water partition coefficient (Wildman–Crippen LogP) is -3.34. The van der Waals surface area contributed by atoms with Crippen LogP contribution in [0.1, 0.15) is 0 Å². The van der Waals surface area contributed by atoms with E-state index in [1.807, 2.05) is 0 Å². The molecule has 3 atom stereocenters. The van der Waals surface area contributed by atoms with Crippen molar-refractivity contribution in [2.24, 2.45) is 0 Å². The lowest BCUT2D eigenvalue weighted by atomic mass is 10.1. The number of hydrogen-bond donors (Lipinski definition) is 6. The van der Waals surface area contributed by atoms with Gasteiger partial charge in [-0.3, -0.25) is 0 Å². The fraction of sp³-hybridized carbons (Fsp3) is 1.00. The van der Waals surface area contributed by atoms with E-state index in [2.05, 4.69) is 0 Å². The molecular formula is C6H16O6. The Bertz CT molecular complexity index is 78.1. The van der Waals surface area contributed by atoms with Gasteiger partial charge in [-0.15, -0.1) is 0 Å². The van der Waals surface area contributed by atoms with Gasteiger partial charge in [0.05, 0.1) is 13.2 Å². The molecule has 6 N–H and O–H groups in total. The zero-order valence-electron chi connectivity index (χ0n) is 6.83. The lowest BCUT2D eigenvalue weighted by Gasteiger charge is -2.19. The van der Waals surface area contributed by atoms with Gasteiger partial charge in [0.25, 0.3) is 0 Å². The number of hydrogen-bond acceptors (Lipinski definition) is 6. The molecule has 1 unspecified atom stereocenters. The topological polar surface area (TPSA) is 121 Å². The summed E-state index contributed by atoms with van der Waals surface area (Å²) in [6, 6.07) is 0. The van der Waals surface area contributed by atoms with Crippen molar-refractivity contribution in [1.82, 2.24) is 0 Å². The molecule has 0 rings (SSSR count). The molecule has 0 aliphatic rings. The zero-order chi connectivity index (χ0) is 10.1. The smallest absolute Gasteiger partial charge is 0.110 e. The first kappa shape index (κ1) is 14.3. The average Bonchev–Trinajstić information content (AvgIpc) is 2.17. The van der Waals surface area contributed by atoms with Crippen molar-refractivity contribution < 1.29 is 30.6 Å². The van der Waals surface area contributed by atoms with Crippen molar-refractivity contribution in [2.45, 2.75) is 18.3 Å². The summed E-state index contributed by atoms with van der Waals surface area (Å²) in [5, 5.41) is 49.6. The van der Waals surface area contributed by atoms with E-state index in [4.69, 9.17) is 30.6 Å². The molecule has 6 heteroatoms. The molecule has 12 heavy (non-hydrogen) atoms. The molecule has 76 valence electrons. The van der Waals surface area contributed by atoms with Gasteiger partial charge in [0.2, 0.25) is 0 Å². The normalized spacial score (nSPS) is 17.2. The number of aliphatic hydroxyl groups is 6. The number of rotatable bonds is 4. The maximum absolute atomic E-state index is 8.77. The van der Waals surface area contributed by atoms with Gasteiger partial charge < -0.3 is 30.6 Å². The summed E-state index contributed by atoms with van der Waals surface area (Å²) in [7, 11) is 1.00. The Morgan fingerprint density at radius 2 is 1.08 bits per heavy atom. The summed E-state index contributed by atoms with van der Waals surface area (Å²) >= 11 is 0. The van der Waals surface area contributed by atoms with Crippen molar-refractivity contribution in [1.29, 1.82) is 0 Å². The lowest BCUT2D eigenvalue weighted by Crippen LogP contribution is -2.41. The largest absolute Gasteiger partial charge is 0.400 e. The van der Waals surface area contributed by atoms with Crippen LogP contribution in [-0.2, 0) is 0 Å². The van der Waals surface area contributed by atoms with E-state index >= 15 is 0 Å². The van der Waals surface area contributed by atoms with Crippen LogP contribution in [0.2, 0.25) is 0 Å². The summed E-state index contributed by atoms with van der Waals surface area (Å²) in [5.41, 5.74) is 0. The molecule has 0 saturated heterocycles. The van der Waals surface area contributed by atoms with Crippen LogP contribution < -0.4 is 0 Å². The van der Waals surface area contributed by atoms with E-state index in [0.717, 1.165) is 7.11 Å². The van der Waals surface area contributed by atoms with Crippen molar-refractivity contribution in [3.05, 3.63) is 0 Å². The van der Waals surface area contributed by atoms with Crippen molar-refractivity contribution in [3.8, 4) is 0 Å². The van der Waals surface area contributed by atoms with Crippen LogP contribution in [0.4, 0.5) is 0 Å². The van der Waals surface area contributed by atoms with Crippen LogP contribution >= 0.6 is 0 Å². The Kier molecular flexibility index (Phi) is 10.5. The molecule has 0 heterocycles. The second-order valence-electron chi connectivity index (χ2n) is 1.99. The van der Waals surface area contributed by atoms with Crippen LogP contribution in [0, 0.1) is 0 Å². The maximum atomic E-state index is 8.77. The first-order valence-electron chi connectivity index (χ1n) is 3.34. The second-order valence-corrected chi connectivity index (χ2v) is 1.99. The van der Waals surface area contributed by atoms with E-state index in [0.29, 0.717) is 0 Å². The highest BCUT2D eigenvalue weighted by Gasteiger charge is 2.22. The molecule has 0 aromatic carbocycles. The Morgan fingerprint density at radius 3 is 1.25 bits per heavy atom. The predicted molar refractivity (Wildman–Crippen MR) is 40.3 cm³/mol. The monoisotopic (exact) mass is 184 g/mol. The third-order valence-electron chi connectivity index (χ3n) is 1.16. The van der Waals surface area contributed by atoms with E-state index in [9.17, 15) is 0 Å². The minimum Gasteiger partial charge on any atom is -0.400 e. The van der Waals surface area contributed by atoms with E-state index in [1.54, 1.807) is 0 Å². The minimum atomic E-state index is -1.49. The summed E-state index contributed by atoms with van der Waals surface area (Å²) in [6.45, 7) is -1.28. The Labute approximate surface area is 70.3 Å². The average molecular weight is 184 g/mol. The molecule has 0 aliphatic carbocycles. The van der Waals surface area contributed by atoms with Crippen LogP contribution in [0.25, 0.3) is 0 Å². The SMILES string of the molecule is CO.OC[C@@H](O)C(O)[C@@H](O)CO. The molecule has 6 nitrogen and oxygen atoms in total. The standard InChI is InChI=1S/C5H12O5.CH4O/c6-1-3(8)5(10)4(9)2-7;1-2/h3-10H,1-2H2;2H,1H3/t3-,4+,5?;. The Balaban J connectivity index is 0. The maximum Gasteiger partial charge on any atom is 0.110 e. The van der Waals surface area contributed by atoms with Gasteiger partial charge in [-0.1, -0.05) is 0 Å². The van der Waals surface area contributed by atoms with Gasteiger partial charge in [-0.2, -0.15) is 0 Å². The molecular weight excluding hydrogens is 168 g/mol. The van der Waals surface area contributed by atoms with E-state index in [1.165, 1.54) is 0 Å². The lowest BCUT2D eigenvalue weighted by molar-refractivity contribution is -0.0900. The summed E-state index contributed by atoms with van der Waals surface area (Å²) in [4.78, 5) is 0. The van der Waals surface area contributed by atoms with Crippen molar-refractivity contribution >= 4 is 0 Å². The second kappa shape index (κ2) is 8.85. The molecule has 0 aromatic heterocycles.